The van der Waals surface area contributed by atoms with Crippen LogP contribution in [0.2, 0.25) is 0 Å². The van der Waals surface area contributed by atoms with Gasteiger partial charge in [-0.1, -0.05) is 28.1 Å². The van der Waals surface area contributed by atoms with Gasteiger partial charge >= 0.3 is 0 Å². The number of nitrogens with zero attached hydrogens (tertiary/aromatic N) is 1. The van der Waals surface area contributed by atoms with Gasteiger partial charge < -0.3 is 0 Å². The molecule has 1 aromatic heterocycles. The van der Waals surface area contributed by atoms with Gasteiger partial charge in [0.1, 0.15) is 0 Å². The Kier molecular flexibility index (Phi) is 4.20. The molecule has 92 valence electrons. The van der Waals surface area contributed by atoms with E-state index in [1.165, 1.54) is 26.7 Å². The van der Waals surface area contributed by atoms with E-state index in [4.69, 9.17) is 0 Å². The zero-order chi connectivity index (χ0) is 11.7. The highest BCUT2D eigenvalue weighted by atomic mass is 79.9. The highest BCUT2D eigenvalue weighted by Crippen LogP contribution is 2.34. The summed E-state index contributed by atoms with van der Waals surface area (Å²) in [5, 5.41) is 0. The predicted molar refractivity (Wildman–Crippen MR) is 81.8 cm³/mol. The predicted octanol–water partition coefficient (Wildman–Crippen LogP) is 4.75. The molecule has 2 aromatic rings. The van der Waals surface area contributed by atoms with E-state index in [0.29, 0.717) is 0 Å². The fourth-order valence-corrected chi connectivity index (χ4v) is 2.71. The normalized spacial score (nSPS) is 15.3. The van der Waals surface area contributed by atoms with Gasteiger partial charge in [-0.15, -0.1) is 12.4 Å². The van der Waals surface area contributed by atoms with E-state index in [2.05, 4.69) is 51.3 Å². The summed E-state index contributed by atoms with van der Waals surface area (Å²) < 4.78 is 1.17. The first-order chi connectivity index (χ1) is 8.33. The Labute approximate surface area is 121 Å². The van der Waals surface area contributed by atoms with Crippen molar-refractivity contribution in [2.45, 2.75) is 12.8 Å². The van der Waals surface area contributed by atoms with Crippen LogP contribution in [0.5, 0.6) is 0 Å². The fraction of sp³-hybridized carbons (Fsp3) is 0.133. The number of aromatic nitrogens is 1. The molecule has 18 heavy (non-hydrogen) atoms. The summed E-state index contributed by atoms with van der Waals surface area (Å²) >= 11 is 3.52. The summed E-state index contributed by atoms with van der Waals surface area (Å²) in [5.41, 5.74) is 5.42. The minimum Gasteiger partial charge on any atom is -0.264 e. The number of hydrogen-bond donors (Lipinski definition) is 0. The number of rotatable bonds is 1. The Morgan fingerprint density at radius 1 is 1.17 bits per heavy atom. The van der Waals surface area contributed by atoms with Crippen LogP contribution in [-0.4, -0.2) is 4.98 Å². The Morgan fingerprint density at radius 3 is 2.83 bits per heavy atom. The molecule has 3 heteroatoms. The van der Waals surface area contributed by atoms with Gasteiger partial charge in [-0.3, -0.25) is 4.98 Å². The van der Waals surface area contributed by atoms with E-state index in [9.17, 15) is 0 Å². The number of halogens is 2. The molecule has 0 spiro atoms. The number of hydrogen-bond acceptors (Lipinski definition) is 1. The lowest BCUT2D eigenvalue weighted by Gasteiger charge is -2.01. The minimum atomic E-state index is 0. The summed E-state index contributed by atoms with van der Waals surface area (Å²) in [6.45, 7) is 0. The maximum atomic E-state index is 4.14. The maximum Gasteiger partial charge on any atom is 0.0340 e. The third-order valence-corrected chi connectivity index (χ3v) is 3.60. The molecule has 0 radical (unpaired) electrons. The molecule has 1 nitrogen and oxygen atoms in total. The van der Waals surface area contributed by atoms with Crippen molar-refractivity contribution >= 4 is 40.0 Å². The fourth-order valence-electron chi connectivity index (χ4n) is 2.30. The third-order valence-electron chi connectivity index (χ3n) is 3.10. The molecule has 0 saturated heterocycles. The van der Waals surface area contributed by atoms with Crippen molar-refractivity contribution < 1.29 is 0 Å². The van der Waals surface area contributed by atoms with Crippen molar-refractivity contribution in [2.75, 3.05) is 0 Å². The van der Waals surface area contributed by atoms with Crippen LogP contribution >= 0.6 is 28.3 Å². The lowest BCUT2D eigenvalue weighted by Crippen LogP contribution is -1.81. The van der Waals surface area contributed by atoms with Crippen LogP contribution in [0.4, 0.5) is 0 Å². The van der Waals surface area contributed by atoms with E-state index in [1.807, 2.05) is 18.5 Å². The van der Waals surface area contributed by atoms with Crippen LogP contribution in [0, 0.1) is 0 Å². The molecular weight excluding hydrogens is 310 g/mol. The summed E-state index contributed by atoms with van der Waals surface area (Å²) in [5.74, 6) is 0. The Balaban J connectivity index is 0.00000120. The van der Waals surface area contributed by atoms with Crippen molar-refractivity contribution in [3.05, 3.63) is 63.9 Å². The Bertz CT molecular complexity index is 578. The van der Waals surface area contributed by atoms with Crippen LogP contribution in [0.15, 0.2) is 47.2 Å². The van der Waals surface area contributed by atoms with Gasteiger partial charge in [0.15, 0.2) is 0 Å². The molecule has 0 unspecified atom stereocenters. The Hall–Kier alpha value is -1.12. The summed E-state index contributed by atoms with van der Waals surface area (Å²) in [7, 11) is 0. The van der Waals surface area contributed by atoms with E-state index >= 15 is 0 Å². The van der Waals surface area contributed by atoms with Crippen molar-refractivity contribution in [3.63, 3.8) is 0 Å². The molecule has 0 N–H and O–H groups in total. The van der Waals surface area contributed by atoms with E-state index in [1.54, 1.807) is 0 Å². The van der Waals surface area contributed by atoms with Crippen LogP contribution in [0.3, 0.4) is 0 Å². The average Bonchev–Trinajstić information content (AvgIpc) is 2.73. The monoisotopic (exact) mass is 321 g/mol. The van der Waals surface area contributed by atoms with Crippen molar-refractivity contribution in [1.29, 1.82) is 0 Å². The van der Waals surface area contributed by atoms with E-state index in [-0.39, 0.29) is 12.4 Å². The lowest BCUT2D eigenvalue weighted by atomic mass is 10.1. The number of benzene rings is 1. The molecule has 0 amide bonds. The molecule has 1 aliphatic carbocycles. The van der Waals surface area contributed by atoms with Crippen molar-refractivity contribution in [3.8, 4) is 0 Å². The minimum absolute atomic E-state index is 0. The molecule has 0 atom stereocenters. The molecule has 1 heterocycles. The number of fused-ring (bicyclic) bond motifs is 1. The van der Waals surface area contributed by atoms with Gasteiger partial charge in [-0.2, -0.15) is 0 Å². The highest BCUT2D eigenvalue weighted by Gasteiger charge is 2.15. The zero-order valence-corrected chi connectivity index (χ0v) is 12.2. The Morgan fingerprint density at radius 2 is 2.06 bits per heavy atom. The van der Waals surface area contributed by atoms with Crippen LogP contribution in [0.25, 0.3) is 11.6 Å². The number of aryl methyl sites for hydroxylation is 1. The lowest BCUT2D eigenvalue weighted by molar-refractivity contribution is 1.08. The number of pyridine rings is 1. The van der Waals surface area contributed by atoms with Crippen molar-refractivity contribution in [1.82, 2.24) is 4.98 Å². The zero-order valence-electron chi connectivity index (χ0n) is 9.77. The van der Waals surface area contributed by atoms with Gasteiger partial charge in [0.25, 0.3) is 0 Å². The average molecular weight is 323 g/mol. The van der Waals surface area contributed by atoms with Gasteiger partial charge in [0.05, 0.1) is 0 Å². The first-order valence-corrected chi connectivity index (χ1v) is 6.51. The summed E-state index contributed by atoms with van der Waals surface area (Å²) in [6.07, 6.45) is 8.22. The molecule has 0 aliphatic heterocycles. The first kappa shape index (κ1) is 13.3. The summed E-state index contributed by atoms with van der Waals surface area (Å²) in [6, 6.07) is 10.6. The molecule has 3 rings (SSSR count). The topological polar surface area (TPSA) is 12.9 Å². The second kappa shape index (κ2) is 5.68. The molecule has 0 bridgehead atoms. The van der Waals surface area contributed by atoms with Crippen LogP contribution in [-0.2, 0) is 6.42 Å². The van der Waals surface area contributed by atoms with Crippen LogP contribution < -0.4 is 0 Å². The molecule has 0 saturated carbocycles. The molecular formula is C15H13BrClN. The third kappa shape index (κ3) is 2.65. The number of allylic oxidation sites excluding steroid dienone is 1. The first-order valence-electron chi connectivity index (χ1n) is 5.72. The van der Waals surface area contributed by atoms with Crippen LogP contribution in [0.1, 0.15) is 23.1 Å². The van der Waals surface area contributed by atoms with Gasteiger partial charge in [0, 0.05) is 16.9 Å². The largest absolute Gasteiger partial charge is 0.264 e. The second-order valence-corrected chi connectivity index (χ2v) is 5.17. The maximum absolute atomic E-state index is 4.14. The van der Waals surface area contributed by atoms with E-state index < -0.39 is 0 Å². The van der Waals surface area contributed by atoms with Gasteiger partial charge in [-0.05, 0) is 59.4 Å². The molecule has 0 fully saturated rings. The second-order valence-electron chi connectivity index (χ2n) is 4.26. The van der Waals surface area contributed by atoms with Gasteiger partial charge in [-0.25, -0.2) is 0 Å². The smallest absolute Gasteiger partial charge is 0.0340 e. The standard InChI is InChI=1S/C15H12BrN.ClH/c16-14-5-6-15-12(3-4-13(15)9-14)8-11-2-1-7-17-10-11;/h1-2,5-10H,3-4H2;1H. The highest BCUT2D eigenvalue weighted by molar-refractivity contribution is 9.10. The quantitative estimate of drug-likeness (QED) is 0.738. The van der Waals surface area contributed by atoms with Gasteiger partial charge in [0.2, 0.25) is 0 Å². The molecule has 1 aromatic carbocycles. The summed E-state index contributed by atoms with van der Waals surface area (Å²) in [4.78, 5) is 4.14. The van der Waals surface area contributed by atoms with Crippen molar-refractivity contribution in [2.24, 2.45) is 0 Å². The van der Waals surface area contributed by atoms with E-state index in [0.717, 1.165) is 12.8 Å². The SMILES string of the molecule is Brc1ccc2c(c1)CCC2=Cc1cccnc1.Cl. The molecule has 1 aliphatic rings.